The predicted octanol–water partition coefficient (Wildman–Crippen LogP) is 5.10. The first-order valence-electron chi connectivity index (χ1n) is 22.7. The van der Waals surface area contributed by atoms with Gasteiger partial charge in [0.2, 0.25) is 0 Å². The summed E-state index contributed by atoms with van der Waals surface area (Å²) in [6.07, 6.45) is 11.3. The third-order valence-electron chi connectivity index (χ3n) is 11.4. The molecule has 0 aliphatic carbocycles. The first kappa shape index (κ1) is 52.2. The van der Waals surface area contributed by atoms with Crippen LogP contribution < -0.4 is 71.6 Å². The number of fused-ring (bicyclic) bond motifs is 2. The monoisotopic (exact) mass is 1020 g/mol. The minimum absolute atomic E-state index is 0. The average molecular weight is 1020 g/mol. The van der Waals surface area contributed by atoms with Crippen molar-refractivity contribution in [3.63, 3.8) is 0 Å². The number of nitrogen functional groups attached to an aromatic ring is 1. The Morgan fingerprint density at radius 1 is 0.459 bits per heavy atom. The Hall–Kier alpha value is -9.64. The highest BCUT2D eigenvalue weighted by molar-refractivity contribution is 6.05. The highest BCUT2D eigenvalue weighted by atomic mass is 35.5. The maximum atomic E-state index is 12.7. The van der Waals surface area contributed by atoms with Crippen molar-refractivity contribution in [3.8, 4) is 0 Å². The Morgan fingerprint density at radius 2 is 0.811 bits per heavy atom. The highest BCUT2D eigenvalue weighted by Gasteiger charge is 2.13. The molecule has 0 saturated heterocycles. The number of nitrogens with zero attached hydrogens (tertiary/aromatic N) is 5. The first-order chi connectivity index (χ1) is 35.0. The zero-order chi connectivity index (χ0) is 50.0. The normalized spacial score (nSPS) is 10.4. The van der Waals surface area contributed by atoms with Crippen LogP contribution in [0.4, 0.5) is 68.2 Å². The Labute approximate surface area is 438 Å². The maximum Gasteiger partial charge on any atom is 0.270 e. The number of rotatable bonds is 13. The number of aryl methyl sites for hydroxylation is 2. The number of hydrogen-bond donors (Lipinski definition) is 7. The quantitative estimate of drug-likeness (QED) is 0.0350. The van der Waals surface area contributed by atoms with Crippen molar-refractivity contribution in [2.24, 2.45) is 14.1 Å². The summed E-state index contributed by atoms with van der Waals surface area (Å²) >= 11 is 0. The second kappa shape index (κ2) is 24.0. The van der Waals surface area contributed by atoms with Crippen molar-refractivity contribution in [2.75, 3.05) is 37.6 Å². The summed E-state index contributed by atoms with van der Waals surface area (Å²) in [5, 5.41) is 31.9. The van der Waals surface area contributed by atoms with E-state index < -0.39 is 4.92 Å². The molecular weight excluding hydrogens is 976 g/mol. The molecule has 0 aliphatic rings. The van der Waals surface area contributed by atoms with E-state index in [9.17, 15) is 19.7 Å². The Morgan fingerprint density at radius 3 is 1.23 bits per heavy atom. The van der Waals surface area contributed by atoms with Crippen LogP contribution in [0.5, 0.6) is 0 Å². The van der Waals surface area contributed by atoms with Crippen LogP contribution >= 0.6 is 0 Å². The van der Waals surface area contributed by atoms with Gasteiger partial charge in [-0.3, -0.25) is 29.7 Å². The van der Waals surface area contributed by atoms with Crippen molar-refractivity contribution in [3.05, 3.63) is 228 Å². The smallest absolute Gasteiger partial charge is 0.270 e. The number of carbonyl (C=O) groups excluding carboxylic acids is 2. The van der Waals surface area contributed by atoms with Crippen LogP contribution in [0.15, 0.2) is 207 Å². The van der Waals surface area contributed by atoms with Gasteiger partial charge in [0.15, 0.2) is 24.8 Å². The van der Waals surface area contributed by atoms with E-state index in [-0.39, 0.29) is 42.3 Å². The summed E-state index contributed by atoms with van der Waals surface area (Å²) in [6.45, 7) is 0. The molecule has 18 heteroatoms. The minimum Gasteiger partial charge on any atom is -1.00 e. The molecule has 10 aromatic rings. The molecular formula is C56H48Cl2N12O4. The second-order valence-electron chi connectivity index (χ2n) is 16.7. The van der Waals surface area contributed by atoms with Crippen molar-refractivity contribution in [1.82, 2.24) is 9.97 Å². The van der Waals surface area contributed by atoms with Crippen LogP contribution in [0, 0.1) is 10.1 Å². The summed E-state index contributed by atoms with van der Waals surface area (Å²) < 4.78 is 3.94. The lowest BCUT2D eigenvalue weighted by Crippen LogP contribution is -3.00. The van der Waals surface area contributed by atoms with E-state index in [1.54, 1.807) is 60.9 Å². The standard InChI is InChI=1S/C28H22N6O3.C28H24N6O.2ClH/c1-33-16-13-23(14-17-33)30-20-6-8-22(9-7-20)32-28(35)19-2-4-21(5-3-19)31-27-12-15-29-26-11-10-24(34(36)37)18-25(26)27;1-34-16-13-24(14-17-34)31-21-7-9-23(10-8-21)33-28(35)19-2-5-22(6-3-19)32-27-12-15-30-26-11-4-20(29)18-25(26)27;;/h2-18H,1H3,(H2,29,31,32,35);2-18H,29H2,1H3,(H2,30,32,33,35);2*1H. The lowest BCUT2D eigenvalue weighted by Gasteiger charge is -2.11. The van der Waals surface area contributed by atoms with Gasteiger partial charge in [0, 0.05) is 122 Å². The number of carbonyl (C=O) groups is 2. The Kier molecular flexibility index (Phi) is 16.9. The number of anilines is 11. The molecule has 8 N–H and O–H groups in total. The predicted molar refractivity (Wildman–Crippen MR) is 285 cm³/mol. The average Bonchev–Trinajstić information content (AvgIpc) is 3.39. The summed E-state index contributed by atoms with van der Waals surface area (Å²) in [6, 6.07) is 51.2. The largest absolute Gasteiger partial charge is 1.00 e. The fourth-order valence-corrected chi connectivity index (χ4v) is 7.53. The number of nitro benzene ring substituents is 1. The number of benzene rings is 6. The molecule has 4 aromatic heterocycles. The second-order valence-corrected chi connectivity index (χ2v) is 16.7. The Bertz CT molecular complexity index is 3550. The van der Waals surface area contributed by atoms with Crippen LogP contribution in [0.3, 0.4) is 0 Å². The molecule has 4 heterocycles. The zero-order valence-electron chi connectivity index (χ0n) is 39.8. The molecule has 6 aromatic carbocycles. The highest BCUT2D eigenvalue weighted by Crippen LogP contribution is 2.30. The van der Waals surface area contributed by atoms with E-state index in [0.29, 0.717) is 39.1 Å². The number of hydrogen-bond acceptors (Lipinski definition) is 11. The number of nitro groups is 1. The van der Waals surface area contributed by atoms with Crippen LogP contribution in [0.1, 0.15) is 20.7 Å². The topological polar surface area (TPSA) is 209 Å². The summed E-state index contributed by atoms with van der Waals surface area (Å²) in [4.78, 5) is 44.9. The van der Waals surface area contributed by atoms with Gasteiger partial charge in [0.1, 0.15) is 14.1 Å². The summed E-state index contributed by atoms with van der Waals surface area (Å²) in [7, 11) is 3.94. The van der Waals surface area contributed by atoms with E-state index in [4.69, 9.17) is 5.73 Å². The lowest BCUT2D eigenvalue weighted by atomic mass is 10.1. The maximum absolute atomic E-state index is 12.7. The number of amides is 2. The van der Waals surface area contributed by atoms with Gasteiger partial charge in [0.05, 0.1) is 27.3 Å². The van der Waals surface area contributed by atoms with Crippen LogP contribution in [-0.2, 0) is 14.1 Å². The van der Waals surface area contributed by atoms with Crippen molar-refractivity contribution in [1.29, 1.82) is 0 Å². The van der Waals surface area contributed by atoms with Gasteiger partial charge in [-0.05, 0) is 133 Å². The summed E-state index contributed by atoms with van der Waals surface area (Å²) in [5.74, 6) is -0.400. The van der Waals surface area contributed by atoms with Gasteiger partial charge in [-0.1, -0.05) is 0 Å². The lowest BCUT2D eigenvalue weighted by molar-refractivity contribution is -0.671. The third-order valence-corrected chi connectivity index (χ3v) is 11.4. The summed E-state index contributed by atoms with van der Waals surface area (Å²) in [5.41, 5.74) is 17.6. The fraction of sp³-hybridized carbons (Fsp3) is 0.0357. The van der Waals surface area contributed by atoms with E-state index in [2.05, 4.69) is 41.9 Å². The van der Waals surface area contributed by atoms with Crippen molar-refractivity contribution in [2.45, 2.75) is 0 Å². The molecule has 370 valence electrons. The van der Waals surface area contributed by atoms with Gasteiger partial charge >= 0.3 is 0 Å². The van der Waals surface area contributed by atoms with Gasteiger partial charge in [-0.15, -0.1) is 0 Å². The third kappa shape index (κ3) is 13.4. The molecule has 0 unspecified atom stereocenters. The molecule has 2 amide bonds. The molecule has 0 radical (unpaired) electrons. The number of nitrogens with one attached hydrogen (secondary N) is 6. The number of aromatic nitrogens is 4. The minimum atomic E-state index is -0.434. The first-order valence-corrected chi connectivity index (χ1v) is 22.7. The van der Waals surface area contributed by atoms with Gasteiger partial charge in [-0.2, -0.15) is 0 Å². The van der Waals surface area contributed by atoms with Crippen molar-refractivity contribution < 1.29 is 48.5 Å². The molecule has 0 atom stereocenters. The Balaban J connectivity index is 0.000000211. The molecule has 10 rings (SSSR count). The molecule has 0 fully saturated rings. The molecule has 16 nitrogen and oxygen atoms in total. The van der Waals surface area contributed by atoms with Gasteiger partial charge in [-0.25, -0.2) is 9.13 Å². The number of halogens is 2. The SMILES string of the molecule is C[n+]1ccc(Nc2ccc(NC(=O)c3ccc(Nc4ccnc5ccc(N)cc45)cc3)cc2)cc1.C[n+]1ccc(Nc2ccc(NC(=O)c3ccc(Nc4ccnc5ccc([N+](=O)[O-])cc45)cc3)cc2)cc1.[Cl-].[Cl-]. The van der Waals surface area contributed by atoms with E-state index >= 15 is 0 Å². The van der Waals surface area contributed by atoms with Gasteiger partial charge < -0.3 is 62.4 Å². The molecule has 74 heavy (non-hydrogen) atoms. The molecule has 0 aliphatic heterocycles. The molecule has 0 spiro atoms. The van der Waals surface area contributed by atoms with E-state index in [0.717, 1.165) is 56.4 Å². The fourth-order valence-electron chi connectivity index (χ4n) is 7.53. The zero-order valence-corrected chi connectivity index (χ0v) is 41.3. The van der Waals surface area contributed by atoms with Gasteiger partial charge in [0.25, 0.3) is 17.5 Å². The van der Waals surface area contributed by atoms with Crippen LogP contribution in [0.25, 0.3) is 21.8 Å². The van der Waals surface area contributed by atoms with Crippen LogP contribution in [0.2, 0.25) is 0 Å². The van der Waals surface area contributed by atoms with E-state index in [1.165, 1.54) is 12.1 Å². The number of non-ortho nitro benzene ring substituents is 1. The van der Waals surface area contributed by atoms with Crippen LogP contribution in [-0.4, -0.2) is 26.7 Å². The number of pyridine rings is 4. The molecule has 0 saturated carbocycles. The van der Waals surface area contributed by atoms with Crippen molar-refractivity contribution >= 4 is 102 Å². The number of nitrogens with two attached hydrogens (primary N) is 1. The molecule has 0 bridgehead atoms. The van der Waals surface area contributed by atoms with E-state index in [1.807, 2.05) is 157 Å².